The van der Waals surface area contributed by atoms with Gasteiger partial charge in [0.1, 0.15) is 0 Å². The predicted octanol–water partition coefficient (Wildman–Crippen LogP) is 0.942. The molecular weight excluding hydrogens is 410 g/mol. The van der Waals surface area contributed by atoms with Crippen LogP contribution in [0.1, 0.15) is 36.8 Å². The Labute approximate surface area is 176 Å². The zero-order valence-corrected chi connectivity index (χ0v) is 18.0. The second-order valence-electron chi connectivity index (χ2n) is 9.42. The Balaban J connectivity index is 1.64. The number of rotatable bonds is 2. The molecule has 3 heterocycles. The van der Waals surface area contributed by atoms with Crippen molar-refractivity contribution >= 4 is 10.1 Å². The fourth-order valence-corrected chi connectivity index (χ4v) is 7.41. The van der Waals surface area contributed by atoms with Crippen LogP contribution in [0.5, 0.6) is 11.5 Å². The summed E-state index contributed by atoms with van der Waals surface area (Å²) in [6.07, 6.45) is 3.83. The number of fused-ring (bicyclic) bond motifs is 1. The molecule has 3 aliphatic heterocycles. The molecule has 2 aliphatic carbocycles. The van der Waals surface area contributed by atoms with Crippen molar-refractivity contribution < 1.29 is 31.9 Å². The van der Waals surface area contributed by atoms with Gasteiger partial charge in [0, 0.05) is 18.0 Å². The second kappa shape index (κ2) is 5.89. The molecule has 1 saturated carbocycles. The zero-order valence-electron chi connectivity index (χ0n) is 17.2. The summed E-state index contributed by atoms with van der Waals surface area (Å²) in [6, 6.07) is 3.55. The number of likely N-dealkylation sites (tertiary alicyclic amines) is 1. The van der Waals surface area contributed by atoms with Crippen LogP contribution in [0.25, 0.3) is 0 Å². The molecule has 0 amide bonds. The lowest BCUT2D eigenvalue weighted by Gasteiger charge is -2.60. The maximum absolute atomic E-state index is 12.3. The lowest BCUT2D eigenvalue weighted by molar-refractivity contribution is -0.284. The molecule has 1 aromatic rings. The molecule has 30 heavy (non-hydrogen) atoms. The van der Waals surface area contributed by atoms with Gasteiger partial charge in [0.2, 0.25) is 5.79 Å². The number of nitrogens with zero attached hydrogens (tertiary/aromatic N) is 1. The standard InChI is InChI=1S/C21H27NO7S/c1-22-9-3-6-19-16-13-4-5-14(29-30(2,24)25)17(16)28-18(19)21(26-10-11-27-21)8-7-20(19,23)15(22)12-13/h4-5,15,18,23H,3,6-12H2,1-2H3/t15-,18?,19+,20?/m1/s1. The van der Waals surface area contributed by atoms with E-state index in [2.05, 4.69) is 11.9 Å². The molecule has 5 aliphatic rings. The predicted molar refractivity (Wildman–Crippen MR) is 106 cm³/mol. The highest BCUT2D eigenvalue weighted by atomic mass is 32.2. The summed E-state index contributed by atoms with van der Waals surface area (Å²) in [4.78, 5) is 2.27. The summed E-state index contributed by atoms with van der Waals surface area (Å²) < 4.78 is 48.0. The Morgan fingerprint density at radius 2 is 1.97 bits per heavy atom. The molecule has 0 radical (unpaired) electrons. The van der Waals surface area contributed by atoms with Crippen molar-refractivity contribution in [1.29, 1.82) is 0 Å². The number of ether oxygens (including phenoxy) is 3. The Hall–Kier alpha value is -1.39. The van der Waals surface area contributed by atoms with Gasteiger partial charge in [-0.1, -0.05) is 6.07 Å². The molecule has 3 fully saturated rings. The minimum atomic E-state index is -3.74. The van der Waals surface area contributed by atoms with Crippen LogP contribution in [0, 0.1) is 0 Å². The van der Waals surface area contributed by atoms with E-state index in [0.717, 1.165) is 30.3 Å². The van der Waals surface area contributed by atoms with E-state index in [1.807, 2.05) is 6.07 Å². The molecule has 2 saturated heterocycles. The maximum atomic E-state index is 12.3. The monoisotopic (exact) mass is 437 g/mol. The molecule has 2 unspecified atom stereocenters. The Morgan fingerprint density at radius 3 is 2.70 bits per heavy atom. The van der Waals surface area contributed by atoms with Crippen molar-refractivity contribution in [2.45, 2.75) is 61.1 Å². The van der Waals surface area contributed by atoms with Gasteiger partial charge in [-0.2, -0.15) is 8.42 Å². The summed E-state index contributed by atoms with van der Waals surface area (Å²) in [5, 5.41) is 12.3. The molecule has 8 nitrogen and oxygen atoms in total. The van der Waals surface area contributed by atoms with Gasteiger partial charge in [0.25, 0.3) is 0 Å². The summed E-state index contributed by atoms with van der Waals surface area (Å²) in [5.74, 6) is -0.341. The number of hydrogen-bond acceptors (Lipinski definition) is 8. The molecule has 1 N–H and O–H groups in total. The fourth-order valence-electron chi connectivity index (χ4n) is 6.95. The van der Waals surface area contributed by atoms with Gasteiger partial charge in [-0.25, -0.2) is 0 Å². The number of aliphatic hydroxyl groups is 1. The van der Waals surface area contributed by atoms with Crippen molar-refractivity contribution in [2.24, 2.45) is 0 Å². The highest BCUT2D eigenvalue weighted by Crippen LogP contribution is 2.67. The SMILES string of the molecule is CN1CCC[C@]23c4c5ccc(OS(C)(=O)=O)c4OC2C2(CCC3(O)[C@H]1C5)OCCO2. The van der Waals surface area contributed by atoms with Gasteiger partial charge in [-0.3, -0.25) is 0 Å². The molecular formula is C21H27NO7S. The first-order valence-electron chi connectivity index (χ1n) is 10.6. The molecule has 9 heteroatoms. The van der Waals surface area contributed by atoms with E-state index in [0.29, 0.717) is 44.6 Å². The molecule has 6 rings (SSSR count). The first-order valence-corrected chi connectivity index (χ1v) is 12.4. The van der Waals surface area contributed by atoms with Crippen LogP contribution in [0.4, 0.5) is 0 Å². The van der Waals surface area contributed by atoms with Crippen LogP contribution in [0.2, 0.25) is 0 Å². The average Bonchev–Trinajstić information content (AvgIpc) is 3.27. The molecule has 4 atom stereocenters. The molecule has 2 spiro atoms. The molecule has 164 valence electrons. The van der Waals surface area contributed by atoms with Crippen LogP contribution >= 0.6 is 0 Å². The summed E-state index contributed by atoms with van der Waals surface area (Å²) in [5.41, 5.74) is 0.212. The zero-order chi connectivity index (χ0) is 20.9. The van der Waals surface area contributed by atoms with Crippen molar-refractivity contribution in [3.8, 4) is 11.5 Å². The minimum Gasteiger partial charge on any atom is -0.479 e. The van der Waals surface area contributed by atoms with Crippen LogP contribution in [-0.2, 0) is 31.4 Å². The van der Waals surface area contributed by atoms with Crippen molar-refractivity contribution in [2.75, 3.05) is 33.1 Å². The third kappa shape index (κ3) is 2.22. The summed E-state index contributed by atoms with van der Waals surface area (Å²) in [6.45, 7) is 1.84. The molecule has 2 bridgehead atoms. The average molecular weight is 438 g/mol. The highest BCUT2D eigenvalue weighted by Gasteiger charge is 2.76. The van der Waals surface area contributed by atoms with E-state index in [1.165, 1.54) is 0 Å². The van der Waals surface area contributed by atoms with E-state index < -0.39 is 33.0 Å². The first-order chi connectivity index (χ1) is 14.2. The number of benzene rings is 1. The van der Waals surface area contributed by atoms with Crippen LogP contribution < -0.4 is 8.92 Å². The Bertz CT molecular complexity index is 1020. The maximum Gasteiger partial charge on any atom is 0.306 e. The lowest BCUT2D eigenvalue weighted by atomic mass is 9.50. The van der Waals surface area contributed by atoms with Gasteiger partial charge < -0.3 is 28.4 Å². The lowest BCUT2D eigenvalue weighted by Crippen LogP contribution is -2.75. The van der Waals surface area contributed by atoms with Crippen molar-refractivity contribution in [3.05, 3.63) is 23.3 Å². The smallest absolute Gasteiger partial charge is 0.306 e. The van der Waals surface area contributed by atoms with E-state index in [1.54, 1.807) is 6.07 Å². The number of hydrogen-bond donors (Lipinski definition) is 1. The van der Waals surface area contributed by atoms with Gasteiger partial charge in [0.15, 0.2) is 17.6 Å². The van der Waals surface area contributed by atoms with Crippen LogP contribution in [0.15, 0.2) is 12.1 Å². The first kappa shape index (κ1) is 19.3. The Kier molecular flexibility index (Phi) is 3.79. The third-order valence-corrected chi connectivity index (χ3v) is 8.44. The fraction of sp³-hybridized carbons (Fsp3) is 0.714. The second-order valence-corrected chi connectivity index (χ2v) is 11.0. The van der Waals surface area contributed by atoms with Gasteiger partial charge in [0.05, 0.1) is 30.5 Å². The normalized spacial score (nSPS) is 38.8. The number of likely N-dealkylation sites (N-methyl/N-ethyl adjacent to an activating group) is 1. The summed E-state index contributed by atoms with van der Waals surface area (Å²) in [7, 11) is -1.66. The molecule has 1 aromatic carbocycles. The van der Waals surface area contributed by atoms with Gasteiger partial charge in [-0.15, -0.1) is 0 Å². The van der Waals surface area contributed by atoms with Gasteiger partial charge in [-0.05, 0) is 50.9 Å². The van der Waals surface area contributed by atoms with E-state index in [9.17, 15) is 13.5 Å². The quantitative estimate of drug-likeness (QED) is 0.684. The Morgan fingerprint density at radius 1 is 1.20 bits per heavy atom. The molecule has 0 aromatic heterocycles. The third-order valence-electron chi connectivity index (χ3n) is 7.96. The largest absolute Gasteiger partial charge is 0.479 e. The highest BCUT2D eigenvalue weighted by molar-refractivity contribution is 7.86. The van der Waals surface area contributed by atoms with E-state index in [4.69, 9.17) is 18.4 Å². The topological polar surface area (TPSA) is 94.5 Å². The summed E-state index contributed by atoms with van der Waals surface area (Å²) >= 11 is 0. The van der Waals surface area contributed by atoms with E-state index in [-0.39, 0.29) is 11.8 Å². The van der Waals surface area contributed by atoms with Crippen molar-refractivity contribution in [3.63, 3.8) is 0 Å². The van der Waals surface area contributed by atoms with E-state index >= 15 is 0 Å². The van der Waals surface area contributed by atoms with Crippen LogP contribution in [0.3, 0.4) is 0 Å². The minimum absolute atomic E-state index is 0.0509. The van der Waals surface area contributed by atoms with Crippen molar-refractivity contribution in [1.82, 2.24) is 4.90 Å². The van der Waals surface area contributed by atoms with Crippen LogP contribution in [-0.4, -0.2) is 75.0 Å². The van der Waals surface area contributed by atoms with Gasteiger partial charge >= 0.3 is 10.1 Å².